The van der Waals surface area contributed by atoms with Crippen LogP contribution in [0.15, 0.2) is 52.3 Å². The smallest absolute Gasteiger partial charge is 0.269 e. The Morgan fingerprint density at radius 1 is 1.16 bits per heavy atom. The van der Waals surface area contributed by atoms with Gasteiger partial charge in [0.2, 0.25) is 0 Å². The Morgan fingerprint density at radius 2 is 1.84 bits per heavy atom. The van der Waals surface area contributed by atoms with Gasteiger partial charge in [-0.25, -0.2) is 0 Å². The van der Waals surface area contributed by atoms with Crippen LogP contribution in [0.25, 0.3) is 0 Å². The van der Waals surface area contributed by atoms with Crippen LogP contribution in [0.4, 0.5) is 5.69 Å². The second-order valence-corrected chi connectivity index (χ2v) is 5.15. The molecular weight excluding hydrogens is 286 g/mol. The number of benzene rings is 2. The maximum atomic E-state index is 11.0. The van der Waals surface area contributed by atoms with Crippen molar-refractivity contribution in [2.45, 2.75) is 9.79 Å². The number of hydrogen-bond acceptors (Lipinski definition) is 4. The fourth-order valence-corrected chi connectivity index (χ4v) is 2.70. The highest BCUT2D eigenvalue weighted by Gasteiger charge is 2.09. The predicted molar refractivity (Wildman–Crippen MR) is 74.1 cm³/mol. The second-order valence-electron chi connectivity index (χ2n) is 3.62. The molecule has 0 spiro atoms. The molecule has 6 heteroatoms. The van der Waals surface area contributed by atoms with E-state index in [4.69, 9.17) is 11.6 Å². The van der Waals surface area contributed by atoms with Crippen LogP contribution in [0.2, 0.25) is 5.02 Å². The van der Waals surface area contributed by atoms with Crippen molar-refractivity contribution in [3.8, 4) is 0 Å². The minimum atomic E-state index is -0.454. The number of carbonyl (C=O) groups excluding carboxylic acids is 1. The van der Waals surface area contributed by atoms with E-state index in [1.807, 2.05) is 0 Å². The van der Waals surface area contributed by atoms with Crippen molar-refractivity contribution in [3.63, 3.8) is 0 Å². The molecule has 0 bridgehead atoms. The average molecular weight is 294 g/mol. The number of non-ortho nitro benzene ring substituents is 1. The maximum Gasteiger partial charge on any atom is 0.269 e. The van der Waals surface area contributed by atoms with E-state index in [0.29, 0.717) is 16.9 Å². The molecule has 0 N–H and O–H groups in total. The van der Waals surface area contributed by atoms with Gasteiger partial charge in [-0.2, -0.15) is 0 Å². The van der Waals surface area contributed by atoms with Gasteiger partial charge in [0.1, 0.15) is 0 Å². The van der Waals surface area contributed by atoms with Gasteiger partial charge in [0.15, 0.2) is 6.29 Å². The summed E-state index contributed by atoms with van der Waals surface area (Å²) in [4.78, 5) is 22.6. The molecule has 19 heavy (non-hydrogen) atoms. The normalized spacial score (nSPS) is 10.2. The summed E-state index contributed by atoms with van der Waals surface area (Å²) in [7, 11) is 0. The highest BCUT2D eigenvalue weighted by molar-refractivity contribution is 7.99. The van der Waals surface area contributed by atoms with Crippen LogP contribution in [0.5, 0.6) is 0 Å². The quantitative estimate of drug-likeness (QED) is 0.481. The van der Waals surface area contributed by atoms with Gasteiger partial charge in [-0.3, -0.25) is 14.9 Å². The van der Waals surface area contributed by atoms with Crippen molar-refractivity contribution in [3.05, 3.63) is 63.2 Å². The molecule has 2 aromatic rings. The molecule has 0 amide bonds. The topological polar surface area (TPSA) is 60.2 Å². The molecule has 0 saturated heterocycles. The molecule has 0 aliphatic carbocycles. The van der Waals surface area contributed by atoms with E-state index < -0.39 is 4.92 Å². The van der Waals surface area contributed by atoms with Gasteiger partial charge >= 0.3 is 0 Å². The molecule has 0 aromatic heterocycles. The van der Waals surface area contributed by atoms with E-state index in [0.717, 1.165) is 9.79 Å². The number of rotatable bonds is 4. The molecule has 0 unspecified atom stereocenters. The average Bonchev–Trinajstić information content (AvgIpc) is 2.39. The lowest BCUT2D eigenvalue weighted by atomic mass is 10.2. The van der Waals surface area contributed by atoms with Gasteiger partial charge in [-0.1, -0.05) is 29.4 Å². The standard InChI is InChI=1S/C13H8ClNO3S/c14-12-2-1-3-13(11(12)8-16)19-10-6-4-9(5-7-10)15(17)18/h1-8H. The van der Waals surface area contributed by atoms with Crippen LogP contribution in [-0.2, 0) is 0 Å². The third-order valence-electron chi connectivity index (χ3n) is 2.41. The molecule has 0 radical (unpaired) electrons. The summed E-state index contributed by atoms with van der Waals surface area (Å²) in [5, 5.41) is 10.9. The fourth-order valence-electron chi connectivity index (χ4n) is 1.48. The first-order valence-corrected chi connectivity index (χ1v) is 6.47. The van der Waals surface area contributed by atoms with Crippen molar-refractivity contribution < 1.29 is 9.72 Å². The van der Waals surface area contributed by atoms with Crippen LogP contribution in [0, 0.1) is 10.1 Å². The summed E-state index contributed by atoms with van der Waals surface area (Å²) in [6.45, 7) is 0. The summed E-state index contributed by atoms with van der Waals surface area (Å²) in [6, 6.07) is 11.3. The number of nitrogens with zero attached hydrogens (tertiary/aromatic N) is 1. The zero-order chi connectivity index (χ0) is 13.8. The SMILES string of the molecule is O=Cc1c(Cl)cccc1Sc1ccc([N+](=O)[O-])cc1. The summed E-state index contributed by atoms with van der Waals surface area (Å²) in [5.41, 5.74) is 0.457. The van der Waals surface area contributed by atoms with Gasteiger partial charge < -0.3 is 0 Å². The van der Waals surface area contributed by atoms with Gasteiger partial charge in [-0.05, 0) is 24.3 Å². The van der Waals surface area contributed by atoms with E-state index in [9.17, 15) is 14.9 Å². The molecule has 0 atom stereocenters. The molecule has 4 nitrogen and oxygen atoms in total. The summed E-state index contributed by atoms with van der Waals surface area (Å²) in [5.74, 6) is 0. The Balaban J connectivity index is 2.28. The van der Waals surface area contributed by atoms with E-state index >= 15 is 0 Å². The Bertz CT molecular complexity index is 628. The van der Waals surface area contributed by atoms with Crippen LogP contribution >= 0.6 is 23.4 Å². The van der Waals surface area contributed by atoms with Gasteiger partial charge in [0, 0.05) is 27.5 Å². The molecule has 0 saturated carbocycles. The zero-order valence-corrected chi connectivity index (χ0v) is 11.1. The predicted octanol–water partition coefficient (Wildman–Crippen LogP) is 4.21. The largest absolute Gasteiger partial charge is 0.298 e. The number of nitro benzene ring substituents is 1. The van der Waals surface area contributed by atoms with E-state index in [1.54, 1.807) is 30.3 Å². The highest BCUT2D eigenvalue weighted by Crippen LogP contribution is 2.33. The molecule has 2 rings (SSSR count). The van der Waals surface area contributed by atoms with Gasteiger partial charge in [0.05, 0.1) is 9.95 Å². The molecule has 96 valence electrons. The Morgan fingerprint density at radius 3 is 2.42 bits per heavy atom. The number of halogens is 1. The monoisotopic (exact) mass is 293 g/mol. The minimum absolute atomic E-state index is 0.0334. The third-order valence-corrected chi connectivity index (χ3v) is 3.82. The number of hydrogen-bond donors (Lipinski definition) is 0. The van der Waals surface area contributed by atoms with Crippen molar-refractivity contribution in [1.29, 1.82) is 0 Å². The Labute approximate surface area is 118 Å². The first-order valence-electron chi connectivity index (χ1n) is 5.28. The lowest BCUT2D eigenvalue weighted by Crippen LogP contribution is -1.88. The molecule has 0 aliphatic rings. The number of aldehydes is 1. The van der Waals surface area contributed by atoms with Crippen LogP contribution < -0.4 is 0 Å². The first kappa shape index (κ1) is 13.6. The first-order chi connectivity index (χ1) is 9.11. The molecule has 0 fully saturated rings. The summed E-state index contributed by atoms with van der Waals surface area (Å²) < 4.78 is 0. The van der Waals surface area contributed by atoms with Crippen LogP contribution in [0.1, 0.15) is 10.4 Å². The van der Waals surface area contributed by atoms with Crippen LogP contribution in [0.3, 0.4) is 0 Å². The van der Waals surface area contributed by atoms with Crippen LogP contribution in [-0.4, -0.2) is 11.2 Å². The zero-order valence-electron chi connectivity index (χ0n) is 9.58. The van der Waals surface area contributed by atoms with Crippen molar-refractivity contribution in [2.75, 3.05) is 0 Å². The second kappa shape index (κ2) is 5.86. The molecule has 0 heterocycles. The molecule has 0 aliphatic heterocycles. The fraction of sp³-hybridized carbons (Fsp3) is 0. The van der Waals surface area contributed by atoms with E-state index in [2.05, 4.69) is 0 Å². The summed E-state index contributed by atoms with van der Waals surface area (Å²) in [6.07, 6.45) is 0.704. The lowest BCUT2D eigenvalue weighted by molar-refractivity contribution is -0.384. The molecular formula is C13H8ClNO3S. The highest BCUT2D eigenvalue weighted by atomic mass is 35.5. The minimum Gasteiger partial charge on any atom is -0.298 e. The maximum absolute atomic E-state index is 11.0. The van der Waals surface area contributed by atoms with Crippen molar-refractivity contribution in [1.82, 2.24) is 0 Å². The molecule has 2 aromatic carbocycles. The van der Waals surface area contributed by atoms with Gasteiger partial charge in [-0.15, -0.1) is 0 Å². The van der Waals surface area contributed by atoms with Crippen molar-refractivity contribution in [2.24, 2.45) is 0 Å². The lowest BCUT2D eigenvalue weighted by Gasteiger charge is -2.05. The third kappa shape index (κ3) is 3.13. The van der Waals surface area contributed by atoms with Gasteiger partial charge in [0.25, 0.3) is 5.69 Å². The summed E-state index contributed by atoms with van der Waals surface area (Å²) >= 11 is 7.26. The number of nitro groups is 1. The van der Waals surface area contributed by atoms with E-state index in [1.165, 1.54) is 23.9 Å². The Hall–Kier alpha value is -1.85. The number of carbonyl (C=O) groups is 1. The Kier molecular flexibility index (Phi) is 4.19. The van der Waals surface area contributed by atoms with E-state index in [-0.39, 0.29) is 5.69 Å². The van der Waals surface area contributed by atoms with Crippen molar-refractivity contribution >= 4 is 35.3 Å².